The molecule has 0 saturated carbocycles. The van der Waals surface area contributed by atoms with Gasteiger partial charge in [0.05, 0.1) is 28.5 Å². The van der Waals surface area contributed by atoms with Gasteiger partial charge in [-0.15, -0.1) is 0 Å². The molecule has 4 aromatic carbocycles. The molecule has 0 aliphatic carbocycles. The zero-order chi connectivity index (χ0) is 29.3. The summed E-state index contributed by atoms with van der Waals surface area (Å²) in [7, 11) is 0. The first-order valence-corrected chi connectivity index (χ1v) is 13.4. The summed E-state index contributed by atoms with van der Waals surface area (Å²) < 4.78 is 0. The summed E-state index contributed by atoms with van der Waals surface area (Å²) in [4.78, 5) is 37.6. The Labute approximate surface area is 241 Å². The number of nitrogens with zero attached hydrogens (tertiary/aromatic N) is 4. The summed E-state index contributed by atoms with van der Waals surface area (Å²) in [5.41, 5.74) is 7.05. The average molecular weight is 541 g/mol. The van der Waals surface area contributed by atoms with E-state index >= 15 is 0 Å². The van der Waals surface area contributed by atoms with Crippen molar-refractivity contribution < 1.29 is 9.59 Å². The smallest absolute Gasteiger partial charge is 0.214 e. The van der Waals surface area contributed by atoms with Crippen LogP contribution in [0.25, 0.3) is 0 Å². The van der Waals surface area contributed by atoms with Crippen molar-refractivity contribution in [2.75, 3.05) is 0 Å². The maximum absolute atomic E-state index is 10.7. The lowest BCUT2D eigenvalue weighted by Crippen LogP contribution is -2.13. The molecule has 0 radical (unpaired) electrons. The molecule has 0 amide bonds. The molecule has 0 atom stereocenters. The highest BCUT2D eigenvalue weighted by Gasteiger charge is 2.19. The quantitative estimate of drug-likeness (QED) is 0.150. The first-order valence-electron chi connectivity index (χ1n) is 13.4. The summed E-state index contributed by atoms with van der Waals surface area (Å²) in [5.74, 6) is 0. The molecule has 0 saturated heterocycles. The summed E-state index contributed by atoms with van der Waals surface area (Å²) in [5, 5.41) is 0. The minimum absolute atomic E-state index is 0.478. The summed E-state index contributed by atoms with van der Waals surface area (Å²) in [6, 6.07) is 35.0. The number of hydrogen-bond acceptors (Lipinski definition) is 6. The average Bonchev–Trinajstić information content (AvgIpc) is 2.96. The fourth-order valence-electron chi connectivity index (χ4n) is 4.41. The maximum atomic E-state index is 10.7. The van der Waals surface area contributed by atoms with Crippen molar-refractivity contribution in [2.24, 2.45) is 20.0 Å². The highest BCUT2D eigenvalue weighted by atomic mass is 16.1. The SMILES string of the molecule is CC(C)(N=C=O)c1ccc(Cc2ccc(N=C=NC(C)(C)c3ccc(Cc4ccc(N=C=O)cc4)cc3)cc2)cc1. The molecule has 4 aromatic rings. The molecule has 0 N–H and O–H groups in total. The number of aliphatic imine (C=N–C) groups is 4. The highest BCUT2D eigenvalue weighted by Crippen LogP contribution is 2.27. The Balaban J connectivity index is 1.36. The molecule has 0 fully saturated rings. The van der Waals surface area contributed by atoms with Crippen LogP contribution in [-0.4, -0.2) is 18.2 Å². The van der Waals surface area contributed by atoms with Crippen LogP contribution in [0.15, 0.2) is 117 Å². The molecular formula is C35H32N4O2. The van der Waals surface area contributed by atoms with E-state index in [0.29, 0.717) is 5.69 Å². The lowest BCUT2D eigenvalue weighted by molar-refractivity contribution is 0.523. The predicted molar refractivity (Wildman–Crippen MR) is 163 cm³/mol. The van der Waals surface area contributed by atoms with Crippen LogP contribution in [0.2, 0.25) is 0 Å². The van der Waals surface area contributed by atoms with Gasteiger partial charge in [-0.1, -0.05) is 72.8 Å². The Morgan fingerprint density at radius 2 is 0.854 bits per heavy atom. The number of carbonyl (C=O) groups excluding carboxylic acids is 2. The van der Waals surface area contributed by atoms with Crippen LogP contribution in [0, 0.1) is 0 Å². The predicted octanol–water partition coefficient (Wildman–Crippen LogP) is 8.15. The molecule has 0 bridgehead atoms. The standard InChI is InChI=1S/C35H32N4O2/c1-34(2,30-13-5-26(6-14-30)22-29-11-19-33(20-12-29)37-24-40)38-23-36-32-17-9-28(10-18-32)21-27-7-15-31(16-8-27)35(3,4)39-25-41/h5-20H,21-22H2,1-4H3. The first kappa shape index (κ1) is 29.0. The van der Waals surface area contributed by atoms with Crippen molar-refractivity contribution in [1.29, 1.82) is 0 Å². The minimum Gasteiger partial charge on any atom is -0.214 e. The van der Waals surface area contributed by atoms with Gasteiger partial charge in [0, 0.05) is 0 Å². The second-order valence-corrected chi connectivity index (χ2v) is 10.9. The molecule has 0 spiro atoms. The van der Waals surface area contributed by atoms with Gasteiger partial charge in [-0.25, -0.2) is 14.6 Å². The Kier molecular flexibility index (Phi) is 9.14. The van der Waals surface area contributed by atoms with Crippen molar-refractivity contribution in [3.8, 4) is 0 Å². The normalized spacial score (nSPS) is 11.0. The monoisotopic (exact) mass is 540 g/mol. The van der Waals surface area contributed by atoms with Crippen molar-refractivity contribution in [3.05, 3.63) is 130 Å². The first-order chi connectivity index (χ1) is 19.7. The summed E-state index contributed by atoms with van der Waals surface area (Å²) in [6.45, 7) is 7.87. The van der Waals surface area contributed by atoms with Gasteiger partial charge in [0.15, 0.2) is 0 Å². The minimum atomic E-state index is -0.581. The number of benzene rings is 4. The van der Waals surface area contributed by atoms with Gasteiger partial charge in [0.2, 0.25) is 12.2 Å². The van der Waals surface area contributed by atoms with Crippen LogP contribution < -0.4 is 0 Å². The van der Waals surface area contributed by atoms with Gasteiger partial charge in [-0.05, 0) is 98.2 Å². The van der Waals surface area contributed by atoms with Gasteiger partial charge in [0.1, 0.15) is 0 Å². The molecule has 41 heavy (non-hydrogen) atoms. The van der Waals surface area contributed by atoms with Crippen LogP contribution >= 0.6 is 0 Å². The molecule has 204 valence electrons. The molecule has 0 aliphatic heterocycles. The fraction of sp³-hybridized carbons (Fsp3) is 0.229. The van der Waals surface area contributed by atoms with Crippen LogP contribution in [0.1, 0.15) is 61.1 Å². The van der Waals surface area contributed by atoms with Gasteiger partial charge >= 0.3 is 0 Å². The third-order valence-corrected chi connectivity index (χ3v) is 7.02. The molecule has 4 rings (SSSR count). The van der Waals surface area contributed by atoms with Gasteiger partial charge in [0.25, 0.3) is 0 Å². The van der Waals surface area contributed by atoms with Crippen LogP contribution in [0.4, 0.5) is 11.4 Å². The van der Waals surface area contributed by atoms with Gasteiger partial charge in [-0.2, -0.15) is 15.0 Å². The van der Waals surface area contributed by atoms with E-state index in [1.807, 2.05) is 76.2 Å². The van der Waals surface area contributed by atoms with E-state index in [4.69, 9.17) is 0 Å². The van der Waals surface area contributed by atoms with Crippen LogP contribution in [-0.2, 0) is 33.5 Å². The Morgan fingerprint density at radius 3 is 1.24 bits per heavy atom. The van der Waals surface area contributed by atoms with E-state index in [-0.39, 0.29) is 0 Å². The number of isocyanates is 2. The van der Waals surface area contributed by atoms with E-state index in [1.54, 1.807) is 12.2 Å². The second kappa shape index (κ2) is 12.9. The van der Waals surface area contributed by atoms with E-state index in [9.17, 15) is 9.59 Å². The fourth-order valence-corrected chi connectivity index (χ4v) is 4.41. The van der Waals surface area contributed by atoms with Crippen LogP contribution in [0.3, 0.4) is 0 Å². The number of rotatable bonds is 10. The number of hydrogen-bond donors (Lipinski definition) is 0. The molecule has 6 nitrogen and oxygen atoms in total. The maximum Gasteiger partial charge on any atom is 0.240 e. The molecule has 0 aliphatic rings. The van der Waals surface area contributed by atoms with Crippen molar-refractivity contribution in [3.63, 3.8) is 0 Å². The molecule has 0 aromatic heterocycles. The Bertz CT molecular complexity index is 1630. The topological polar surface area (TPSA) is 83.6 Å². The third-order valence-electron chi connectivity index (χ3n) is 7.02. The van der Waals surface area contributed by atoms with E-state index < -0.39 is 11.1 Å². The highest BCUT2D eigenvalue weighted by molar-refractivity contribution is 5.54. The van der Waals surface area contributed by atoms with Crippen LogP contribution in [0.5, 0.6) is 0 Å². The lowest BCUT2D eigenvalue weighted by Gasteiger charge is -2.18. The summed E-state index contributed by atoms with van der Waals surface area (Å²) >= 11 is 0. The molecule has 0 heterocycles. The Hall–Kier alpha value is -4.98. The van der Waals surface area contributed by atoms with E-state index in [0.717, 1.165) is 35.2 Å². The summed E-state index contributed by atoms with van der Waals surface area (Å²) in [6.07, 6.45) is 4.79. The lowest BCUT2D eigenvalue weighted by atomic mass is 9.93. The van der Waals surface area contributed by atoms with Gasteiger partial charge in [-0.3, -0.25) is 0 Å². The van der Waals surface area contributed by atoms with Gasteiger partial charge < -0.3 is 0 Å². The largest absolute Gasteiger partial charge is 0.240 e. The Morgan fingerprint density at radius 1 is 0.488 bits per heavy atom. The molecule has 0 unspecified atom stereocenters. The zero-order valence-electron chi connectivity index (χ0n) is 23.8. The zero-order valence-corrected chi connectivity index (χ0v) is 23.8. The van der Waals surface area contributed by atoms with E-state index in [1.165, 1.54) is 16.7 Å². The third kappa shape index (κ3) is 8.02. The van der Waals surface area contributed by atoms with Crippen molar-refractivity contribution in [2.45, 2.75) is 51.6 Å². The molecular weight excluding hydrogens is 508 g/mol. The molecule has 6 heteroatoms. The van der Waals surface area contributed by atoms with Crippen molar-refractivity contribution in [1.82, 2.24) is 0 Å². The van der Waals surface area contributed by atoms with Crippen molar-refractivity contribution >= 4 is 29.5 Å². The van der Waals surface area contributed by atoms with E-state index in [2.05, 4.69) is 74.5 Å². The second-order valence-electron chi connectivity index (χ2n) is 10.9.